The van der Waals surface area contributed by atoms with E-state index < -0.39 is 6.16 Å². The van der Waals surface area contributed by atoms with Crippen LogP contribution in [0.1, 0.15) is 6.42 Å². The monoisotopic (exact) mass is 222 g/mol. The minimum atomic E-state index is -2.08. The molecule has 0 amide bonds. The number of ether oxygens (including phenoxy) is 1. The fourth-order valence-corrected chi connectivity index (χ4v) is 0.595. The molecule has 0 atom stereocenters. The normalized spacial score (nSPS) is 9.87. The molecule has 0 saturated carbocycles. The smallest absolute Gasteiger partial charge is 0.307 e. The third kappa shape index (κ3) is 24.5. The summed E-state index contributed by atoms with van der Waals surface area (Å²) in [6, 6.07) is 0. The van der Waals surface area contributed by atoms with E-state index in [1.165, 1.54) is 7.11 Å². The number of nitrogens with one attached hydrogen (secondary N) is 1. The van der Waals surface area contributed by atoms with Gasteiger partial charge in [-0.05, 0) is 0 Å². The lowest BCUT2D eigenvalue weighted by Gasteiger charge is -2.23. The fraction of sp³-hybridized carbons (Fsp3) is 0.750. The van der Waals surface area contributed by atoms with Crippen molar-refractivity contribution in [2.75, 3.05) is 34.8 Å². The van der Waals surface area contributed by atoms with Gasteiger partial charge in [-0.3, -0.25) is 9.39 Å². The summed E-state index contributed by atoms with van der Waals surface area (Å²) in [5.74, 6) is -0.175. The molecule has 7 heteroatoms. The number of hydrogen-bond acceptors (Lipinski definition) is 5. The Balaban J connectivity index is 0. The first-order chi connectivity index (χ1) is 6.69. The SMILES string of the molecule is COC(=O)CCN[N+](C)(C)C.O=C([O-])O. The van der Waals surface area contributed by atoms with E-state index in [0.717, 1.165) is 0 Å². The molecule has 7 nitrogen and oxygen atoms in total. The Bertz CT molecular complexity index is 196. The Morgan fingerprint density at radius 2 is 1.80 bits per heavy atom. The molecule has 0 fully saturated rings. The van der Waals surface area contributed by atoms with Crippen LogP contribution in [0.2, 0.25) is 0 Å². The fourth-order valence-electron chi connectivity index (χ4n) is 0.595. The van der Waals surface area contributed by atoms with Crippen molar-refractivity contribution in [2.24, 2.45) is 0 Å². The van der Waals surface area contributed by atoms with Crippen LogP contribution in [0.15, 0.2) is 0 Å². The average molecular weight is 222 g/mol. The third-order valence-corrected chi connectivity index (χ3v) is 1.14. The van der Waals surface area contributed by atoms with Crippen molar-refractivity contribution in [3.63, 3.8) is 0 Å². The zero-order chi connectivity index (χ0) is 12.5. The quantitative estimate of drug-likeness (QED) is 0.346. The summed E-state index contributed by atoms with van der Waals surface area (Å²) in [5.41, 5.74) is 3.12. The highest BCUT2D eigenvalue weighted by Crippen LogP contribution is 1.85. The summed E-state index contributed by atoms with van der Waals surface area (Å²) in [6.45, 7) is 0.649. The standard InChI is InChI=1S/C7H17N2O2.CH2O3/c1-9(2,3)8-6-5-7(10)11-4;2-1(3)4/h8H,5-6H2,1-4H3;(H2,2,3,4)/q+1;/p-1. The average Bonchev–Trinajstić information content (AvgIpc) is 2.00. The van der Waals surface area contributed by atoms with E-state index in [1.54, 1.807) is 0 Å². The van der Waals surface area contributed by atoms with Crippen molar-refractivity contribution < 1.29 is 29.1 Å². The van der Waals surface area contributed by atoms with Crippen LogP contribution in [0.25, 0.3) is 0 Å². The van der Waals surface area contributed by atoms with Gasteiger partial charge < -0.3 is 19.7 Å². The van der Waals surface area contributed by atoms with Crippen LogP contribution in [0.3, 0.4) is 0 Å². The first kappa shape index (κ1) is 16.1. The molecular formula is C8H18N2O5. The Morgan fingerprint density at radius 3 is 2.07 bits per heavy atom. The summed E-state index contributed by atoms with van der Waals surface area (Å²) >= 11 is 0. The van der Waals surface area contributed by atoms with Gasteiger partial charge in [-0.15, -0.1) is 0 Å². The summed E-state index contributed by atoms with van der Waals surface area (Å²) < 4.78 is 5.13. The lowest BCUT2D eigenvalue weighted by atomic mass is 10.4. The van der Waals surface area contributed by atoms with Gasteiger partial charge in [0.25, 0.3) is 0 Å². The van der Waals surface area contributed by atoms with Gasteiger partial charge in [-0.1, -0.05) is 0 Å². The van der Waals surface area contributed by atoms with Gasteiger partial charge in [0.2, 0.25) is 6.16 Å². The predicted octanol–water partition coefficient (Wildman–Crippen LogP) is -1.35. The van der Waals surface area contributed by atoms with Gasteiger partial charge in [0.05, 0.1) is 41.2 Å². The highest BCUT2D eigenvalue weighted by Gasteiger charge is 2.07. The maximum atomic E-state index is 10.6. The van der Waals surface area contributed by atoms with Crippen LogP contribution in [-0.2, 0) is 9.53 Å². The van der Waals surface area contributed by atoms with Crippen molar-refractivity contribution in [1.29, 1.82) is 0 Å². The van der Waals surface area contributed by atoms with Crippen molar-refractivity contribution >= 4 is 12.1 Å². The van der Waals surface area contributed by atoms with E-state index >= 15 is 0 Å². The Labute approximate surface area is 88.8 Å². The Kier molecular flexibility index (Phi) is 8.60. The first-order valence-electron chi connectivity index (χ1n) is 4.22. The van der Waals surface area contributed by atoms with Gasteiger partial charge >= 0.3 is 5.97 Å². The molecular weight excluding hydrogens is 204 g/mol. The molecule has 15 heavy (non-hydrogen) atoms. The zero-order valence-electron chi connectivity index (χ0n) is 9.44. The summed E-state index contributed by atoms with van der Waals surface area (Å²) in [5, 5.41) is 15.3. The number of carbonyl (C=O) groups is 2. The Morgan fingerprint density at radius 1 is 1.40 bits per heavy atom. The topological polar surface area (TPSA) is 98.7 Å². The Hall–Kier alpha value is -1.34. The van der Waals surface area contributed by atoms with Crippen LogP contribution in [0, 0.1) is 0 Å². The summed E-state index contributed by atoms with van der Waals surface area (Å²) in [4.78, 5) is 19.1. The van der Waals surface area contributed by atoms with E-state index in [1.807, 2.05) is 21.1 Å². The second-order valence-corrected chi connectivity index (χ2v) is 3.51. The molecule has 90 valence electrons. The molecule has 0 heterocycles. The van der Waals surface area contributed by atoms with Gasteiger partial charge in [-0.2, -0.15) is 5.43 Å². The van der Waals surface area contributed by atoms with E-state index in [0.29, 0.717) is 17.6 Å². The van der Waals surface area contributed by atoms with Crippen molar-refractivity contribution in [3.8, 4) is 0 Å². The maximum Gasteiger partial charge on any atom is 0.307 e. The molecule has 2 N–H and O–H groups in total. The minimum Gasteiger partial charge on any atom is -0.565 e. The van der Waals surface area contributed by atoms with Crippen molar-refractivity contribution in [1.82, 2.24) is 5.43 Å². The number of nitrogens with zero attached hydrogens (tertiary/aromatic N) is 1. The third-order valence-electron chi connectivity index (χ3n) is 1.14. The van der Waals surface area contributed by atoms with Gasteiger partial charge in [0.15, 0.2) is 0 Å². The molecule has 0 bridgehead atoms. The number of esters is 1. The molecule has 0 aromatic carbocycles. The second-order valence-electron chi connectivity index (χ2n) is 3.51. The lowest BCUT2D eigenvalue weighted by Crippen LogP contribution is -2.48. The largest absolute Gasteiger partial charge is 0.565 e. The van der Waals surface area contributed by atoms with Gasteiger partial charge in [0, 0.05) is 0 Å². The van der Waals surface area contributed by atoms with Crippen LogP contribution in [0.5, 0.6) is 0 Å². The van der Waals surface area contributed by atoms with E-state index in [4.69, 9.17) is 15.0 Å². The molecule has 0 saturated heterocycles. The van der Waals surface area contributed by atoms with E-state index in [2.05, 4.69) is 10.2 Å². The van der Waals surface area contributed by atoms with Crippen LogP contribution >= 0.6 is 0 Å². The second kappa shape index (κ2) is 8.01. The first-order valence-corrected chi connectivity index (χ1v) is 4.22. The van der Waals surface area contributed by atoms with Gasteiger partial charge in [0.1, 0.15) is 0 Å². The zero-order valence-corrected chi connectivity index (χ0v) is 9.44. The molecule has 0 aromatic heterocycles. The lowest BCUT2D eigenvalue weighted by molar-refractivity contribution is -0.915. The number of carboxylic acid groups (broad SMARTS) is 2. The molecule has 0 aliphatic heterocycles. The molecule has 0 spiro atoms. The molecule has 0 aromatic rings. The van der Waals surface area contributed by atoms with Crippen molar-refractivity contribution in [2.45, 2.75) is 6.42 Å². The number of hydrogen-bond donors (Lipinski definition) is 2. The maximum absolute atomic E-state index is 10.6. The van der Waals surface area contributed by atoms with E-state index in [-0.39, 0.29) is 5.97 Å². The number of carbonyl (C=O) groups excluding carboxylic acids is 1. The van der Waals surface area contributed by atoms with Crippen molar-refractivity contribution in [3.05, 3.63) is 0 Å². The number of quaternary nitrogens is 1. The molecule has 0 unspecified atom stereocenters. The highest BCUT2D eigenvalue weighted by atomic mass is 16.6. The molecule has 0 aliphatic carbocycles. The molecule has 0 aliphatic rings. The van der Waals surface area contributed by atoms with Gasteiger partial charge in [-0.25, -0.2) is 0 Å². The summed E-state index contributed by atoms with van der Waals surface area (Å²) in [6.07, 6.45) is -1.66. The molecule has 0 rings (SSSR count). The van der Waals surface area contributed by atoms with Crippen LogP contribution in [-0.4, -0.2) is 56.6 Å². The van der Waals surface area contributed by atoms with E-state index in [9.17, 15) is 4.79 Å². The minimum absolute atomic E-state index is 0.175. The number of rotatable bonds is 4. The molecule has 0 radical (unpaired) electrons. The highest BCUT2D eigenvalue weighted by molar-refractivity contribution is 5.69. The predicted molar refractivity (Wildman–Crippen MR) is 50.7 cm³/mol. The van der Waals surface area contributed by atoms with Crippen LogP contribution in [0.4, 0.5) is 4.79 Å². The summed E-state index contributed by atoms with van der Waals surface area (Å²) in [7, 11) is 7.39. The number of methoxy groups -OCH3 is 1. The van der Waals surface area contributed by atoms with Crippen LogP contribution < -0.4 is 10.5 Å².